The smallest absolute Gasteiger partial charge is 0.369 e. The first-order chi connectivity index (χ1) is 23.3. The van der Waals surface area contributed by atoms with Crippen molar-refractivity contribution in [1.29, 1.82) is 0 Å². The Bertz CT molecular complexity index is 1940. The van der Waals surface area contributed by atoms with Crippen LogP contribution in [0.15, 0.2) is 48.8 Å². The first kappa shape index (κ1) is 32.7. The second kappa shape index (κ2) is 12.2. The van der Waals surface area contributed by atoms with Crippen LogP contribution in [0, 0.1) is 17.8 Å². The van der Waals surface area contributed by atoms with Crippen LogP contribution in [0.1, 0.15) is 71.8 Å². The van der Waals surface area contributed by atoms with Gasteiger partial charge in [0, 0.05) is 42.5 Å². The number of aliphatic hydroxyl groups is 1. The molecule has 0 radical (unpaired) electrons. The van der Waals surface area contributed by atoms with Crippen LogP contribution < -0.4 is 15.5 Å². The lowest BCUT2D eigenvalue weighted by Gasteiger charge is -2.38. The molecule has 3 fully saturated rings. The van der Waals surface area contributed by atoms with Crippen LogP contribution in [0.2, 0.25) is 5.02 Å². The molecule has 2 atom stereocenters. The number of aliphatic hydroxyl groups excluding tert-OH is 1. The Morgan fingerprint density at radius 3 is 2.55 bits per heavy atom. The van der Waals surface area contributed by atoms with Crippen LogP contribution in [0.25, 0.3) is 0 Å². The third-order valence-corrected chi connectivity index (χ3v) is 9.99. The van der Waals surface area contributed by atoms with Crippen molar-refractivity contribution >= 4 is 46.6 Å². The molecule has 0 spiro atoms. The number of piperidine rings is 1. The van der Waals surface area contributed by atoms with E-state index in [0.717, 1.165) is 41.6 Å². The quantitative estimate of drug-likeness (QED) is 0.269. The van der Waals surface area contributed by atoms with Crippen molar-refractivity contribution in [3.8, 4) is 11.8 Å². The highest BCUT2D eigenvalue weighted by molar-refractivity contribution is 6.33. The lowest BCUT2D eigenvalue weighted by Crippen LogP contribution is -2.53. The molecule has 4 amide bonds. The molecule has 4 aliphatic rings. The maximum Gasteiger partial charge on any atom is 0.416 e. The van der Waals surface area contributed by atoms with E-state index in [-0.39, 0.29) is 29.5 Å². The monoisotopic (exact) mass is 694 g/mol. The maximum absolute atomic E-state index is 13.5. The van der Waals surface area contributed by atoms with Gasteiger partial charge in [0.25, 0.3) is 11.8 Å². The van der Waals surface area contributed by atoms with Gasteiger partial charge in [0.15, 0.2) is 6.23 Å². The molecule has 1 aromatic heterocycles. The van der Waals surface area contributed by atoms with Crippen molar-refractivity contribution in [2.24, 2.45) is 5.92 Å². The lowest BCUT2D eigenvalue weighted by molar-refractivity contribution is -0.140. The molecule has 11 nitrogen and oxygen atoms in total. The summed E-state index contributed by atoms with van der Waals surface area (Å²) in [5, 5.41) is 20.2. The largest absolute Gasteiger partial charge is 0.416 e. The third-order valence-electron chi connectivity index (χ3n) is 9.67. The molecule has 2 saturated heterocycles. The number of fused-ring (bicyclic) bond motifs is 1. The summed E-state index contributed by atoms with van der Waals surface area (Å²) in [5.74, 6) is 4.51. The van der Waals surface area contributed by atoms with Gasteiger partial charge in [0.2, 0.25) is 11.8 Å². The highest BCUT2D eigenvalue weighted by atomic mass is 35.5. The van der Waals surface area contributed by atoms with E-state index < -0.39 is 53.2 Å². The Balaban J connectivity index is 0.996. The Hall–Kier alpha value is -4.87. The number of halogens is 4. The Kier molecular flexibility index (Phi) is 8.15. The van der Waals surface area contributed by atoms with Crippen molar-refractivity contribution < 1.29 is 37.5 Å². The average molecular weight is 695 g/mol. The van der Waals surface area contributed by atoms with Crippen LogP contribution in [0.4, 0.5) is 24.5 Å². The van der Waals surface area contributed by atoms with Gasteiger partial charge in [0.1, 0.15) is 11.6 Å². The Morgan fingerprint density at radius 2 is 1.86 bits per heavy atom. The predicted octanol–water partition coefficient (Wildman–Crippen LogP) is 4.20. The zero-order valence-corrected chi connectivity index (χ0v) is 26.6. The van der Waals surface area contributed by atoms with Gasteiger partial charge in [-0.3, -0.25) is 34.1 Å². The summed E-state index contributed by atoms with van der Waals surface area (Å²) in [4.78, 5) is 53.7. The summed E-state index contributed by atoms with van der Waals surface area (Å²) in [7, 11) is 0. The molecular formula is C34H30ClF3N6O5. The highest BCUT2D eigenvalue weighted by Crippen LogP contribution is 2.40. The summed E-state index contributed by atoms with van der Waals surface area (Å²) in [6, 6.07) is 7.03. The fourth-order valence-electron chi connectivity index (χ4n) is 6.95. The normalized spacial score (nSPS) is 21.9. The van der Waals surface area contributed by atoms with Crippen LogP contribution in [-0.2, 0) is 26.1 Å². The zero-order chi connectivity index (χ0) is 34.7. The number of amides is 4. The molecule has 2 aromatic carbocycles. The van der Waals surface area contributed by atoms with E-state index in [2.05, 4.69) is 32.5 Å². The number of rotatable bonds is 5. The number of carbonyl (C=O) groups excluding carboxylic acids is 4. The lowest BCUT2D eigenvalue weighted by atomic mass is 9.96. The van der Waals surface area contributed by atoms with Gasteiger partial charge < -0.3 is 15.3 Å². The first-order valence-electron chi connectivity index (χ1n) is 15.8. The molecule has 4 heterocycles. The highest BCUT2D eigenvalue weighted by Gasteiger charge is 2.46. The molecule has 15 heteroatoms. The minimum Gasteiger partial charge on any atom is -0.369 e. The topological polar surface area (TPSA) is 137 Å². The predicted molar refractivity (Wildman–Crippen MR) is 170 cm³/mol. The standard InChI is InChI=1S/C34H30ClF3N6O5/c35-25-13-21(34(36,37)38)5-8-26(25)40-32(49)33(11-1-2-12-33)43-18-19(15-39-43)3-4-20-16-42(17-20)22-6-7-23-24(14-22)31(48)44(30(23)47)27-9-10-28(45)41-29(27)46/h5-8,13-15,18,20,27,31,48H,1-2,9-12,16-17H2,(H,40,49)(H,41,45,46). The number of nitrogens with zero attached hydrogens (tertiary/aromatic N) is 4. The van der Waals surface area contributed by atoms with Crippen molar-refractivity contribution in [1.82, 2.24) is 20.0 Å². The molecule has 1 aliphatic carbocycles. The summed E-state index contributed by atoms with van der Waals surface area (Å²) >= 11 is 6.09. The molecule has 1 saturated carbocycles. The van der Waals surface area contributed by atoms with Gasteiger partial charge in [-0.05, 0) is 55.7 Å². The summed E-state index contributed by atoms with van der Waals surface area (Å²) < 4.78 is 40.8. The van der Waals surface area contributed by atoms with E-state index in [4.69, 9.17) is 11.6 Å². The van der Waals surface area contributed by atoms with Crippen molar-refractivity contribution in [3.63, 3.8) is 0 Å². The number of aromatic nitrogens is 2. The van der Waals surface area contributed by atoms with Crippen LogP contribution >= 0.6 is 11.6 Å². The first-order valence-corrected chi connectivity index (χ1v) is 16.2. The van der Waals surface area contributed by atoms with Gasteiger partial charge in [0.05, 0.1) is 34.0 Å². The molecule has 7 rings (SSSR count). The van der Waals surface area contributed by atoms with Gasteiger partial charge in [-0.2, -0.15) is 18.3 Å². The molecule has 49 heavy (non-hydrogen) atoms. The van der Waals surface area contributed by atoms with E-state index in [1.165, 1.54) is 0 Å². The minimum absolute atomic E-state index is 0.0219. The number of hydrogen-bond donors (Lipinski definition) is 3. The molecule has 3 N–H and O–H groups in total. The number of anilines is 2. The van der Waals surface area contributed by atoms with Crippen LogP contribution in [0.3, 0.4) is 0 Å². The molecule has 3 aromatic rings. The average Bonchev–Trinajstić information content (AvgIpc) is 3.77. The van der Waals surface area contributed by atoms with E-state index in [1.54, 1.807) is 35.3 Å². The molecule has 254 valence electrons. The Labute approximate surface area is 283 Å². The minimum atomic E-state index is -4.56. The molecule has 3 aliphatic heterocycles. The van der Waals surface area contributed by atoms with E-state index in [9.17, 15) is 37.5 Å². The molecule has 2 unspecified atom stereocenters. The van der Waals surface area contributed by atoms with E-state index >= 15 is 0 Å². The second-order valence-electron chi connectivity index (χ2n) is 12.8. The van der Waals surface area contributed by atoms with Crippen LogP contribution in [0.5, 0.6) is 0 Å². The maximum atomic E-state index is 13.5. The summed E-state index contributed by atoms with van der Waals surface area (Å²) in [5.41, 5.74) is 0.264. The SMILES string of the molecule is O=C1CCC(N2C(=O)c3ccc(N4CC(C#Cc5cnn(C6(C(=O)Nc7ccc(C(F)(F)F)cc7Cl)CCCC6)c5)C4)cc3C2O)C(=O)N1. The third kappa shape index (κ3) is 5.91. The number of imide groups is 1. The summed E-state index contributed by atoms with van der Waals surface area (Å²) in [6.45, 7) is 1.20. The number of benzene rings is 2. The van der Waals surface area contributed by atoms with E-state index in [1.807, 2.05) is 0 Å². The fraction of sp³-hybridized carbons (Fsp3) is 0.382. The van der Waals surface area contributed by atoms with Gasteiger partial charge >= 0.3 is 6.18 Å². The van der Waals surface area contributed by atoms with Crippen molar-refractivity contribution in [2.75, 3.05) is 23.3 Å². The van der Waals surface area contributed by atoms with Gasteiger partial charge in [-0.1, -0.05) is 36.3 Å². The van der Waals surface area contributed by atoms with Crippen molar-refractivity contribution in [3.05, 3.63) is 76.1 Å². The number of alkyl halides is 3. The second-order valence-corrected chi connectivity index (χ2v) is 13.2. The number of nitrogens with one attached hydrogen (secondary N) is 2. The Morgan fingerprint density at radius 1 is 1.10 bits per heavy atom. The van der Waals surface area contributed by atoms with Gasteiger partial charge in [-0.15, -0.1) is 0 Å². The molecular weight excluding hydrogens is 665 g/mol. The molecule has 0 bridgehead atoms. The fourth-order valence-corrected chi connectivity index (χ4v) is 7.18. The van der Waals surface area contributed by atoms with Gasteiger partial charge in [-0.25, -0.2) is 0 Å². The number of carbonyl (C=O) groups is 4. The number of hydrogen-bond acceptors (Lipinski definition) is 7. The van der Waals surface area contributed by atoms with Crippen LogP contribution in [-0.4, -0.2) is 62.5 Å². The summed E-state index contributed by atoms with van der Waals surface area (Å²) in [6.07, 6.45) is 0.187. The zero-order valence-electron chi connectivity index (χ0n) is 25.9. The van der Waals surface area contributed by atoms with Crippen molar-refractivity contribution in [2.45, 2.75) is 62.5 Å². The van der Waals surface area contributed by atoms with E-state index in [0.29, 0.717) is 42.6 Å².